The van der Waals surface area contributed by atoms with Gasteiger partial charge in [0.2, 0.25) is 0 Å². The summed E-state index contributed by atoms with van der Waals surface area (Å²) < 4.78 is 5.00. The van der Waals surface area contributed by atoms with Crippen LogP contribution in [-0.4, -0.2) is 15.8 Å². The molecule has 0 unspecified atom stereocenters. The molecule has 0 radical (unpaired) electrons. The van der Waals surface area contributed by atoms with E-state index >= 15 is 0 Å². The van der Waals surface area contributed by atoms with Crippen LogP contribution in [-0.2, 0) is 0 Å². The van der Waals surface area contributed by atoms with Gasteiger partial charge in [-0.2, -0.15) is 0 Å². The zero-order valence-corrected chi connectivity index (χ0v) is 45.3. The molecule has 2 aliphatic heterocycles. The topological polar surface area (TPSA) is 16.3 Å². The first kappa shape index (κ1) is 47.0. The lowest BCUT2D eigenvalue weighted by atomic mass is 9.33. The molecule has 0 saturated carbocycles. The quantitative estimate of drug-likeness (QED) is 0.141. The number of anilines is 6. The second-order valence-corrected chi connectivity index (χ2v) is 22.0. The van der Waals surface area contributed by atoms with Crippen molar-refractivity contribution in [2.24, 2.45) is 0 Å². The first-order valence-electron chi connectivity index (χ1n) is 28.7. The van der Waals surface area contributed by atoms with Gasteiger partial charge < -0.3 is 18.9 Å². The number of rotatable bonds is 8. The van der Waals surface area contributed by atoms with Crippen molar-refractivity contribution >= 4 is 101 Å². The second kappa shape index (κ2) is 18.9. The summed E-state index contributed by atoms with van der Waals surface area (Å²) in [7, 11) is 0. The van der Waals surface area contributed by atoms with Crippen LogP contribution >= 0.6 is 0 Å². The van der Waals surface area contributed by atoms with Crippen LogP contribution < -0.4 is 26.2 Å². The van der Waals surface area contributed by atoms with Gasteiger partial charge in [-0.3, -0.25) is 0 Å². The third-order valence-electron chi connectivity index (χ3n) is 17.4. The predicted molar refractivity (Wildman–Crippen MR) is 351 cm³/mol. The molecule has 0 atom stereocenters. The van der Waals surface area contributed by atoms with Crippen LogP contribution in [0.1, 0.15) is 0 Å². The third kappa shape index (κ3) is 7.41. The molecule has 4 nitrogen and oxygen atoms in total. The standard InChI is InChI=1S/C78H51BN4/c1-5-22-52(23-6-1)56-30-19-33-60(46-56)80-71-41-18-15-38-66(71)76-72(80)45-44-68-78(76)83(62-35-21-32-58(48-62)54-26-9-3-10-27-54)75-51-63(82-69-39-16-13-36-64(69)65-37-14-17-40-70(65)82)50-74-77(75)79(68)67-43-42-59(55-28-11-4-12-29-55)49-73(67)81(74)61-34-20-31-57(47-61)53-24-7-2-8-25-53/h1-51H. The van der Waals surface area contributed by atoms with Crippen molar-refractivity contribution in [2.75, 3.05) is 9.80 Å². The van der Waals surface area contributed by atoms with E-state index < -0.39 is 0 Å². The normalized spacial score (nSPS) is 12.5. The van der Waals surface area contributed by atoms with Gasteiger partial charge >= 0.3 is 0 Å². The van der Waals surface area contributed by atoms with Crippen molar-refractivity contribution in [3.05, 3.63) is 309 Å². The van der Waals surface area contributed by atoms with Crippen LogP contribution in [0.5, 0.6) is 0 Å². The minimum absolute atomic E-state index is 0.156. The zero-order valence-electron chi connectivity index (χ0n) is 45.3. The monoisotopic (exact) mass is 1050 g/mol. The second-order valence-electron chi connectivity index (χ2n) is 22.0. The Bertz CT molecular complexity index is 4990. The molecule has 0 saturated heterocycles. The molecule has 0 aliphatic carbocycles. The molecule has 0 bridgehead atoms. The SMILES string of the molecule is c1ccc(-c2cccc(N3c4cc(-c5ccccc5)ccc4B4c5ccc6c(c5N(c5cccc(-c7ccccc7)c5)c5cc(-n7c8ccccc8c8ccccc87)cc3c54)c3ccccc3n6-c3cccc(-c4ccccc4)c3)c2)cc1. The summed E-state index contributed by atoms with van der Waals surface area (Å²) in [5.74, 6) is 0. The van der Waals surface area contributed by atoms with Crippen molar-refractivity contribution in [3.63, 3.8) is 0 Å². The molecule has 2 aromatic heterocycles. The van der Waals surface area contributed by atoms with Gasteiger partial charge in [0.1, 0.15) is 0 Å². The lowest BCUT2D eigenvalue weighted by molar-refractivity contribution is 1.16. The lowest BCUT2D eigenvalue weighted by Crippen LogP contribution is -2.61. The number of nitrogens with zero attached hydrogens (tertiary/aromatic N) is 4. The molecule has 0 spiro atoms. The number of hydrogen-bond donors (Lipinski definition) is 0. The third-order valence-corrected chi connectivity index (χ3v) is 17.4. The minimum Gasteiger partial charge on any atom is -0.311 e. The molecule has 0 N–H and O–H groups in total. The van der Waals surface area contributed by atoms with E-state index in [-0.39, 0.29) is 6.71 Å². The van der Waals surface area contributed by atoms with Gasteiger partial charge in [0.25, 0.3) is 6.71 Å². The van der Waals surface area contributed by atoms with Crippen molar-refractivity contribution in [3.8, 4) is 55.9 Å². The molecule has 17 rings (SSSR count). The van der Waals surface area contributed by atoms with Crippen LogP contribution in [0.4, 0.5) is 34.1 Å². The smallest absolute Gasteiger partial charge is 0.252 e. The van der Waals surface area contributed by atoms with Crippen molar-refractivity contribution in [1.29, 1.82) is 0 Å². The largest absolute Gasteiger partial charge is 0.311 e. The van der Waals surface area contributed by atoms with E-state index in [0.717, 1.165) is 73.0 Å². The van der Waals surface area contributed by atoms with E-state index in [9.17, 15) is 0 Å². The summed E-state index contributed by atoms with van der Waals surface area (Å²) in [5, 5.41) is 4.86. The fourth-order valence-electron chi connectivity index (χ4n) is 13.8. The van der Waals surface area contributed by atoms with Gasteiger partial charge in [-0.1, -0.05) is 231 Å². The fraction of sp³-hybridized carbons (Fsp3) is 0. The average molecular weight is 1060 g/mol. The minimum atomic E-state index is -0.156. The molecule has 0 amide bonds. The summed E-state index contributed by atoms with van der Waals surface area (Å²) in [6.07, 6.45) is 0. The maximum atomic E-state index is 2.63. The van der Waals surface area contributed by atoms with Gasteiger partial charge in [-0.15, -0.1) is 0 Å². The Balaban J connectivity index is 1.03. The molecular formula is C78H51BN4. The molecule has 5 heteroatoms. The molecule has 13 aromatic carbocycles. The van der Waals surface area contributed by atoms with Crippen LogP contribution in [0.2, 0.25) is 0 Å². The van der Waals surface area contributed by atoms with Crippen molar-refractivity contribution in [2.45, 2.75) is 0 Å². The number of fused-ring (bicyclic) bond motifs is 11. The molecule has 83 heavy (non-hydrogen) atoms. The van der Waals surface area contributed by atoms with E-state index in [1.807, 2.05) is 0 Å². The fourth-order valence-corrected chi connectivity index (χ4v) is 13.8. The zero-order chi connectivity index (χ0) is 54.5. The summed E-state index contributed by atoms with van der Waals surface area (Å²) in [6.45, 7) is -0.156. The average Bonchev–Trinajstić information content (AvgIpc) is 1.93. The van der Waals surface area contributed by atoms with Gasteiger partial charge in [-0.25, -0.2) is 0 Å². The first-order chi connectivity index (χ1) is 41.2. The number of para-hydroxylation sites is 3. The predicted octanol–water partition coefficient (Wildman–Crippen LogP) is 18.6. The maximum absolute atomic E-state index is 2.63. The Morgan fingerprint density at radius 2 is 0.627 bits per heavy atom. The Labute approximate surface area is 482 Å². The molecule has 386 valence electrons. The Morgan fingerprint density at radius 1 is 0.229 bits per heavy atom. The van der Waals surface area contributed by atoms with E-state index in [2.05, 4.69) is 328 Å². The highest BCUT2D eigenvalue weighted by molar-refractivity contribution is 7.00. The highest BCUT2D eigenvalue weighted by Gasteiger charge is 2.45. The first-order valence-corrected chi connectivity index (χ1v) is 28.7. The van der Waals surface area contributed by atoms with Gasteiger partial charge in [-0.05, 0) is 140 Å². The van der Waals surface area contributed by atoms with Crippen LogP contribution in [0.3, 0.4) is 0 Å². The maximum Gasteiger partial charge on any atom is 0.252 e. The Hall–Kier alpha value is -10.9. The van der Waals surface area contributed by atoms with Gasteiger partial charge in [0, 0.05) is 55.7 Å². The highest BCUT2D eigenvalue weighted by atomic mass is 15.2. The molecule has 15 aromatic rings. The molecular weight excluding hydrogens is 1000 g/mol. The van der Waals surface area contributed by atoms with Crippen molar-refractivity contribution in [1.82, 2.24) is 9.13 Å². The van der Waals surface area contributed by atoms with E-state index in [1.54, 1.807) is 0 Å². The van der Waals surface area contributed by atoms with Crippen molar-refractivity contribution < 1.29 is 0 Å². The summed E-state index contributed by atoms with van der Waals surface area (Å²) in [5.41, 5.74) is 26.8. The highest BCUT2D eigenvalue weighted by Crippen LogP contribution is 2.51. The van der Waals surface area contributed by atoms with E-state index in [1.165, 1.54) is 77.0 Å². The lowest BCUT2D eigenvalue weighted by Gasteiger charge is -2.45. The van der Waals surface area contributed by atoms with Gasteiger partial charge in [0.15, 0.2) is 0 Å². The summed E-state index contributed by atoms with van der Waals surface area (Å²) >= 11 is 0. The summed E-state index contributed by atoms with van der Waals surface area (Å²) in [4.78, 5) is 5.21. The Morgan fingerprint density at radius 3 is 1.17 bits per heavy atom. The number of aromatic nitrogens is 2. The van der Waals surface area contributed by atoms with E-state index in [0.29, 0.717) is 0 Å². The van der Waals surface area contributed by atoms with Crippen LogP contribution in [0.15, 0.2) is 309 Å². The molecule has 2 aliphatic rings. The molecule has 4 heterocycles. The summed E-state index contributed by atoms with van der Waals surface area (Å²) in [6, 6.07) is 115. The molecule has 0 fully saturated rings. The van der Waals surface area contributed by atoms with Gasteiger partial charge in [0.05, 0.1) is 33.4 Å². The van der Waals surface area contributed by atoms with Crippen LogP contribution in [0.25, 0.3) is 99.5 Å². The van der Waals surface area contributed by atoms with Crippen LogP contribution in [0, 0.1) is 0 Å². The number of benzene rings is 13. The number of hydrogen-bond acceptors (Lipinski definition) is 2. The van der Waals surface area contributed by atoms with E-state index in [4.69, 9.17) is 0 Å². The Kier molecular flexibility index (Phi) is 10.7.